The predicted octanol–water partition coefficient (Wildman–Crippen LogP) is 3.61. The Kier molecular flexibility index (Phi) is 5.79. The van der Waals surface area contributed by atoms with Gasteiger partial charge in [-0.05, 0) is 40.2 Å². The highest BCUT2D eigenvalue weighted by molar-refractivity contribution is 6.23. The number of aliphatic imine (C=N–C) groups is 1. The van der Waals surface area contributed by atoms with Crippen molar-refractivity contribution in [3.05, 3.63) is 23.5 Å². The molecule has 4 unspecified atom stereocenters. The second-order valence-electron chi connectivity index (χ2n) is 9.78. The van der Waals surface area contributed by atoms with E-state index >= 15 is 0 Å². The van der Waals surface area contributed by atoms with E-state index in [0.717, 1.165) is 17.7 Å². The van der Waals surface area contributed by atoms with Gasteiger partial charge in [0.15, 0.2) is 0 Å². The Bertz CT molecular complexity index is 983. The first kappa shape index (κ1) is 22.7. The van der Waals surface area contributed by atoms with Crippen molar-refractivity contribution in [2.45, 2.75) is 75.6 Å². The molecular formula is C24H29ClN2O5. The molecule has 0 aromatic heterocycles. The summed E-state index contributed by atoms with van der Waals surface area (Å²) in [5.41, 5.74) is 0.199. The number of methoxy groups -OCH3 is 1. The molecule has 1 amide bonds. The molecule has 0 aromatic rings. The third kappa shape index (κ3) is 4.13. The Morgan fingerprint density at radius 2 is 2.09 bits per heavy atom. The summed E-state index contributed by atoms with van der Waals surface area (Å²) in [6.45, 7) is 7.44. The normalized spacial score (nSPS) is 33.3. The number of esters is 1. The summed E-state index contributed by atoms with van der Waals surface area (Å²) >= 11 is 6.96. The maximum absolute atomic E-state index is 12.9. The van der Waals surface area contributed by atoms with Crippen LogP contribution in [0, 0.1) is 17.8 Å². The van der Waals surface area contributed by atoms with Gasteiger partial charge in [0.1, 0.15) is 23.0 Å². The molecule has 1 aliphatic carbocycles. The Hall–Kier alpha value is -2.46. The van der Waals surface area contributed by atoms with Crippen molar-refractivity contribution in [2.75, 3.05) is 13.7 Å². The van der Waals surface area contributed by atoms with Crippen LogP contribution in [0.25, 0.3) is 0 Å². The molecule has 8 heteroatoms. The first-order chi connectivity index (χ1) is 15.0. The Balaban J connectivity index is 1.67. The third-order valence-corrected chi connectivity index (χ3v) is 6.59. The second kappa shape index (κ2) is 8.15. The van der Waals surface area contributed by atoms with Gasteiger partial charge in [-0.25, -0.2) is 9.59 Å². The number of dihydropyridines is 1. The van der Waals surface area contributed by atoms with E-state index in [1.54, 1.807) is 20.8 Å². The maximum atomic E-state index is 12.9. The number of ether oxygens (including phenoxy) is 3. The summed E-state index contributed by atoms with van der Waals surface area (Å²) in [6, 6.07) is -0.792. The number of carbonyl (C=O) groups excluding carboxylic acids is 2. The molecule has 4 aliphatic rings. The highest BCUT2D eigenvalue weighted by Crippen LogP contribution is 2.48. The Labute approximate surface area is 193 Å². The van der Waals surface area contributed by atoms with E-state index in [4.69, 9.17) is 30.8 Å². The minimum atomic E-state index is -0.832. The van der Waals surface area contributed by atoms with Crippen molar-refractivity contribution >= 4 is 29.4 Å². The van der Waals surface area contributed by atoms with Gasteiger partial charge >= 0.3 is 12.1 Å². The van der Waals surface area contributed by atoms with Crippen molar-refractivity contribution in [1.82, 2.24) is 4.90 Å². The molecule has 4 rings (SSSR count). The molecule has 0 N–H and O–H groups in total. The number of alkyl halides is 1. The largest absolute Gasteiger partial charge is 0.483 e. The summed E-state index contributed by atoms with van der Waals surface area (Å²) < 4.78 is 17.1. The van der Waals surface area contributed by atoms with Crippen LogP contribution in [0.5, 0.6) is 0 Å². The fourth-order valence-electron chi connectivity index (χ4n) is 4.90. The van der Waals surface area contributed by atoms with Gasteiger partial charge in [0.2, 0.25) is 0 Å². The Morgan fingerprint density at radius 3 is 2.78 bits per heavy atom. The van der Waals surface area contributed by atoms with E-state index in [9.17, 15) is 9.59 Å². The topological polar surface area (TPSA) is 77.4 Å². The number of likely N-dealkylation sites (tertiary alicyclic amines) is 1. The van der Waals surface area contributed by atoms with Crippen LogP contribution in [0.3, 0.4) is 0 Å². The fraction of sp³-hybridized carbons (Fsp3) is 0.625. The van der Waals surface area contributed by atoms with Crippen LogP contribution in [0.15, 0.2) is 28.5 Å². The number of fused-ring (bicyclic) bond motifs is 2. The molecule has 1 fully saturated rings. The molecule has 3 aliphatic heterocycles. The molecule has 32 heavy (non-hydrogen) atoms. The van der Waals surface area contributed by atoms with E-state index in [2.05, 4.69) is 11.8 Å². The maximum Gasteiger partial charge on any atom is 0.411 e. The van der Waals surface area contributed by atoms with E-state index in [0.29, 0.717) is 12.2 Å². The zero-order valence-electron chi connectivity index (χ0n) is 19.1. The van der Waals surface area contributed by atoms with Crippen LogP contribution in [-0.2, 0) is 19.0 Å². The number of amides is 1. The molecule has 1 saturated heterocycles. The highest BCUT2D eigenvalue weighted by Gasteiger charge is 2.56. The van der Waals surface area contributed by atoms with Crippen LogP contribution in [0.4, 0.5) is 4.79 Å². The van der Waals surface area contributed by atoms with Crippen LogP contribution in [0.2, 0.25) is 0 Å². The lowest BCUT2D eigenvalue weighted by Crippen LogP contribution is -2.48. The average Bonchev–Trinajstić information content (AvgIpc) is 2.90. The van der Waals surface area contributed by atoms with Gasteiger partial charge < -0.3 is 14.2 Å². The number of nitrogens with zero attached hydrogens (tertiary/aromatic N) is 2. The SMILES string of the molecule is COC(=O)[C@@H]1CC2(CC(Cl)C3=C(O2)C(C)=NC2CC=CC#CC32)CN1C(=O)OC(C)(C)C. The fourth-order valence-corrected chi connectivity index (χ4v) is 5.42. The number of halogens is 1. The van der Waals surface area contributed by atoms with Gasteiger partial charge in [0.05, 0.1) is 36.7 Å². The molecule has 1 spiro atoms. The first-order valence-electron chi connectivity index (χ1n) is 10.9. The summed E-state index contributed by atoms with van der Waals surface area (Å²) in [4.78, 5) is 31.7. The van der Waals surface area contributed by atoms with E-state index in [-0.39, 0.29) is 30.3 Å². The minimum Gasteiger partial charge on any atom is -0.483 e. The smallest absolute Gasteiger partial charge is 0.411 e. The molecule has 172 valence electrons. The molecule has 3 heterocycles. The van der Waals surface area contributed by atoms with Crippen molar-refractivity contribution in [1.29, 1.82) is 0 Å². The van der Waals surface area contributed by atoms with Crippen molar-refractivity contribution < 1.29 is 23.8 Å². The number of hydrogen-bond acceptors (Lipinski definition) is 6. The molecule has 0 radical (unpaired) electrons. The van der Waals surface area contributed by atoms with E-state index in [1.165, 1.54) is 12.0 Å². The summed E-state index contributed by atoms with van der Waals surface area (Å²) in [7, 11) is 1.31. The molecule has 0 saturated carbocycles. The van der Waals surface area contributed by atoms with Gasteiger partial charge in [0.25, 0.3) is 0 Å². The zero-order chi connectivity index (χ0) is 23.3. The lowest BCUT2D eigenvalue weighted by Gasteiger charge is -2.43. The van der Waals surface area contributed by atoms with Crippen LogP contribution >= 0.6 is 11.6 Å². The predicted molar refractivity (Wildman–Crippen MR) is 120 cm³/mol. The number of carbonyl (C=O) groups is 2. The van der Waals surface area contributed by atoms with Gasteiger partial charge in [0, 0.05) is 18.4 Å². The van der Waals surface area contributed by atoms with Gasteiger partial charge in [-0.2, -0.15) is 0 Å². The molecule has 0 aromatic carbocycles. The zero-order valence-corrected chi connectivity index (χ0v) is 19.9. The molecule has 7 nitrogen and oxygen atoms in total. The number of allylic oxidation sites excluding steroid dienone is 2. The Morgan fingerprint density at radius 1 is 1.34 bits per heavy atom. The summed E-state index contributed by atoms with van der Waals surface area (Å²) in [5, 5.41) is -0.346. The lowest BCUT2D eigenvalue weighted by atomic mass is 9.78. The van der Waals surface area contributed by atoms with Gasteiger partial charge in [-0.1, -0.05) is 17.9 Å². The summed E-state index contributed by atoms with van der Waals surface area (Å²) in [6.07, 6.45) is 4.82. The third-order valence-electron chi connectivity index (χ3n) is 6.20. The van der Waals surface area contributed by atoms with Crippen molar-refractivity contribution in [2.24, 2.45) is 10.9 Å². The molecule has 5 atom stereocenters. The monoisotopic (exact) mass is 460 g/mol. The standard InChI is InChI=1S/C24H29ClN2O5/c1-14-20-19(15-9-7-6-8-10-17(15)26-14)16(25)11-24(31-20)12-18(21(28)30-5)27(13-24)22(29)32-23(2,3)4/h6,8,15-18H,10-13H2,1-5H3/t15?,16?,17?,18-,24?/m0/s1. The molecular weight excluding hydrogens is 432 g/mol. The van der Waals surface area contributed by atoms with Crippen LogP contribution in [0.1, 0.15) is 47.0 Å². The quantitative estimate of drug-likeness (QED) is 0.339. The van der Waals surface area contributed by atoms with E-state index in [1.807, 2.05) is 19.1 Å². The first-order valence-corrected chi connectivity index (χ1v) is 11.3. The van der Waals surface area contributed by atoms with Crippen molar-refractivity contribution in [3.63, 3.8) is 0 Å². The van der Waals surface area contributed by atoms with Crippen molar-refractivity contribution in [3.8, 4) is 11.8 Å². The summed E-state index contributed by atoms with van der Waals surface area (Å²) in [5.74, 6) is 6.38. The van der Waals surface area contributed by atoms with Crippen LogP contribution < -0.4 is 0 Å². The number of rotatable bonds is 1. The van der Waals surface area contributed by atoms with Gasteiger partial charge in [-0.3, -0.25) is 9.89 Å². The van der Waals surface area contributed by atoms with E-state index < -0.39 is 29.3 Å². The minimum absolute atomic E-state index is 0.0172. The van der Waals surface area contributed by atoms with Gasteiger partial charge in [-0.15, -0.1) is 11.6 Å². The van der Waals surface area contributed by atoms with Crippen LogP contribution in [-0.4, -0.2) is 65.0 Å². The molecule has 0 bridgehead atoms. The second-order valence-corrected chi connectivity index (χ2v) is 10.3. The highest BCUT2D eigenvalue weighted by atomic mass is 35.5. The average molecular weight is 461 g/mol. The lowest BCUT2D eigenvalue weighted by molar-refractivity contribution is -0.145. The number of hydrogen-bond donors (Lipinski definition) is 0.